The molecule has 0 aromatic carbocycles. The summed E-state index contributed by atoms with van der Waals surface area (Å²) in [5.41, 5.74) is 7.06. The minimum Gasteiger partial charge on any atom is -0.384 e. The standard InChI is InChI=1S/C14H19N5O/c1-3-11-8-10(9-12(15)18-11)14(20)17-5-4-13-16-6-7-19(13)2/h6-9H,3-5H2,1-2H3,(H2,15,18)(H,17,20). The third-order valence-corrected chi connectivity index (χ3v) is 3.08. The second-order valence-corrected chi connectivity index (χ2v) is 4.59. The Hall–Kier alpha value is -2.37. The molecular weight excluding hydrogens is 254 g/mol. The molecule has 0 radical (unpaired) electrons. The highest BCUT2D eigenvalue weighted by Crippen LogP contribution is 2.08. The Kier molecular flexibility index (Phi) is 4.34. The number of nitrogen functional groups attached to an aromatic ring is 1. The predicted octanol–water partition coefficient (Wildman–Crippen LogP) is 0.932. The van der Waals surface area contributed by atoms with Crippen LogP contribution >= 0.6 is 0 Å². The van der Waals surface area contributed by atoms with Crippen LogP contribution in [0.25, 0.3) is 0 Å². The summed E-state index contributed by atoms with van der Waals surface area (Å²) < 4.78 is 1.94. The Balaban J connectivity index is 1.95. The lowest BCUT2D eigenvalue weighted by Gasteiger charge is -2.07. The number of nitrogens with two attached hydrogens (primary N) is 1. The van der Waals surface area contributed by atoms with Crippen molar-refractivity contribution in [2.45, 2.75) is 19.8 Å². The number of nitrogens with one attached hydrogen (secondary N) is 1. The molecule has 6 heteroatoms. The molecule has 0 aliphatic carbocycles. The molecule has 0 unspecified atom stereocenters. The molecule has 2 heterocycles. The van der Waals surface area contributed by atoms with Crippen LogP contribution in [-0.2, 0) is 19.9 Å². The van der Waals surface area contributed by atoms with Crippen molar-refractivity contribution in [1.82, 2.24) is 19.9 Å². The first-order valence-corrected chi connectivity index (χ1v) is 6.61. The quantitative estimate of drug-likeness (QED) is 0.848. The predicted molar refractivity (Wildman–Crippen MR) is 77.3 cm³/mol. The van der Waals surface area contributed by atoms with Gasteiger partial charge in [-0.3, -0.25) is 4.79 Å². The first kappa shape index (κ1) is 14.0. The van der Waals surface area contributed by atoms with Gasteiger partial charge in [-0.05, 0) is 18.6 Å². The van der Waals surface area contributed by atoms with E-state index in [-0.39, 0.29) is 5.91 Å². The third-order valence-electron chi connectivity index (χ3n) is 3.08. The van der Waals surface area contributed by atoms with Crippen LogP contribution in [0.1, 0.15) is 28.8 Å². The molecule has 2 aromatic heterocycles. The lowest BCUT2D eigenvalue weighted by Crippen LogP contribution is -2.26. The van der Waals surface area contributed by atoms with E-state index in [4.69, 9.17) is 5.73 Å². The van der Waals surface area contributed by atoms with Crippen LogP contribution in [0.15, 0.2) is 24.5 Å². The molecule has 2 aromatic rings. The molecule has 0 atom stereocenters. The summed E-state index contributed by atoms with van der Waals surface area (Å²) in [4.78, 5) is 20.4. The molecule has 0 aliphatic rings. The number of nitrogens with zero attached hydrogens (tertiary/aromatic N) is 3. The number of pyridine rings is 1. The Morgan fingerprint density at radius 3 is 2.90 bits per heavy atom. The van der Waals surface area contributed by atoms with E-state index < -0.39 is 0 Å². The minimum absolute atomic E-state index is 0.136. The summed E-state index contributed by atoms with van der Waals surface area (Å²) in [6, 6.07) is 3.36. The van der Waals surface area contributed by atoms with Gasteiger partial charge in [-0.2, -0.15) is 0 Å². The number of amides is 1. The maximum Gasteiger partial charge on any atom is 0.251 e. The van der Waals surface area contributed by atoms with Gasteiger partial charge in [-0.15, -0.1) is 0 Å². The molecule has 0 aliphatic heterocycles. The SMILES string of the molecule is CCc1cc(C(=O)NCCc2nccn2C)cc(N)n1. The lowest BCUT2D eigenvalue weighted by molar-refractivity contribution is 0.0953. The van der Waals surface area contributed by atoms with Crippen LogP contribution < -0.4 is 11.1 Å². The van der Waals surface area contributed by atoms with Gasteiger partial charge in [0.2, 0.25) is 0 Å². The molecule has 0 bridgehead atoms. The highest BCUT2D eigenvalue weighted by Gasteiger charge is 2.08. The van der Waals surface area contributed by atoms with Gasteiger partial charge in [0.25, 0.3) is 5.91 Å². The average Bonchev–Trinajstić information content (AvgIpc) is 2.83. The smallest absolute Gasteiger partial charge is 0.251 e. The zero-order chi connectivity index (χ0) is 14.5. The number of carbonyl (C=O) groups excluding carboxylic acids is 1. The number of anilines is 1. The lowest BCUT2D eigenvalue weighted by atomic mass is 10.2. The molecule has 0 saturated carbocycles. The van der Waals surface area contributed by atoms with Crippen molar-refractivity contribution >= 4 is 11.7 Å². The Bertz CT molecular complexity index is 605. The van der Waals surface area contributed by atoms with Crippen molar-refractivity contribution < 1.29 is 4.79 Å². The van der Waals surface area contributed by atoms with Gasteiger partial charge in [0.15, 0.2) is 0 Å². The number of hydrogen-bond donors (Lipinski definition) is 2. The fourth-order valence-electron chi connectivity index (χ4n) is 1.95. The summed E-state index contributed by atoms with van der Waals surface area (Å²) in [6.45, 7) is 2.51. The molecule has 6 nitrogen and oxygen atoms in total. The summed E-state index contributed by atoms with van der Waals surface area (Å²) in [5.74, 6) is 1.18. The average molecular weight is 273 g/mol. The highest BCUT2D eigenvalue weighted by atomic mass is 16.1. The van der Waals surface area contributed by atoms with Crippen molar-refractivity contribution in [3.8, 4) is 0 Å². The number of carbonyl (C=O) groups is 1. The second-order valence-electron chi connectivity index (χ2n) is 4.59. The zero-order valence-electron chi connectivity index (χ0n) is 11.8. The van der Waals surface area contributed by atoms with E-state index in [0.717, 1.165) is 17.9 Å². The summed E-state index contributed by atoms with van der Waals surface area (Å²) in [5, 5.41) is 2.87. The molecule has 1 amide bonds. The van der Waals surface area contributed by atoms with Gasteiger partial charge >= 0.3 is 0 Å². The van der Waals surface area contributed by atoms with Crippen molar-refractivity contribution in [3.63, 3.8) is 0 Å². The molecule has 106 valence electrons. The van der Waals surface area contributed by atoms with E-state index in [9.17, 15) is 4.79 Å². The molecular formula is C14H19N5O. The van der Waals surface area contributed by atoms with Gasteiger partial charge in [0.1, 0.15) is 11.6 Å². The zero-order valence-corrected chi connectivity index (χ0v) is 11.8. The van der Waals surface area contributed by atoms with Gasteiger partial charge in [-0.25, -0.2) is 9.97 Å². The molecule has 0 fully saturated rings. The topological polar surface area (TPSA) is 85.8 Å². The summed E-state index contributed by atoms with van der Waals surface area (Å²) >= 11 is 0. The van der Waals surface area contributed by atoms with E-state index >= 15 is 0 Å². The van der Waals surface area contributed by atoms with E-state index in [1.54, 1.807) is 18.3 Å². The summed E-state index contributed by atoms with van der Waals surface area (Å²) in [7, 11) is 1.93. The third kappa shape index (κ3) is 3.34. The first-order valence-electron chi connectivity index (χ1n) is 6.61. The second kappa shape index (κ2) is 6.18. The van der Waals surface area contributed by atoms with E-state index in [1.807, 2.05) is 24.7 Å². The molecule has 0 saturated heterocycles. The largest absolute Gasteiger partial charge is 0.384 e. The van der Waals surface area contributed by atoms with Crippen molar-refractivity contribution in [2.75, 3.05) is 12.3 Å². The fraction of sp³-hybridized carbons (Fsp3) is 0.357. The Morgan fingerprint density at radius 2 is 2.25 bits per heavy atom. The van der Waals surface area contributed by atoms with Crippen LogP contribution in [-0.4, -0.2) is 27.0 Å². The van der Waals surface area contributed by atoms with Crippen LogP contribution in [0.3, 0.4) is 0 Å². The van der Waals surface area contributed by atoms with Crippen LogP contribution in [0.2, 0.25) is 0 Å². The van der Waals surface area contributed by atoms with Crippen molar-refractivity contribution in [3.05, 3.63) is 41.6 Å². The normalized spacial score (nSPS) is 10.5. The van der Waals surface area contributed by atoms with Crippen LogP contribution in [0.5, 0.6) is 0 Å². The maximum atomic E-state index is 12.1. The fourth-order valence-corrected chi connectivity index (χ4v) is 1.95. The van der Waals surface area contributed by atoms with Gasteiger partial charge in [-0.1, -0.05) is 6.92 Å². The van der Waals surface area contributed by atoms with Crippen molar-refractivity contribution in [1.29, 1.82) is 0 Å². The maximum absolute atomic E-state index is 12.1. The highest BCUT2D eigenvalue weighted by molar-refractivity contribution is 5.94. The monoisotopic (exact) mass is 273 g/mol. The Labute approximate surface area is 118 Å². The van der Waals surface area contributed by atoms with Crippen molar-refractivity contribution in [2.24, 2.45) is 7.05 Å². The molecule has 3 N–H and O–H groups in total. The first-order chi connectivity index (χ1) is 9.60. The number of aromatic nitrogens is 3. The van der Waals surface area contributed by atoms with Gasteiger partial charge in [0, 0.05) is 43.7 Å². The van der Waals surface area contributed by atoms with Crippen LogP contribution in [0.4, 0.5) is 5.82 Å². The minimum atomic E-state index is -0.136. The summed E-state index contributed by atoms with van der Waals surface area (Å²) in [6.07, 6.45) is 5.07. The van der Waals surface area contributed by atoms with Crippen LogP contribution in [0, 0.1) is 0 Å². The van der Waals surface area contributed by atoms with Gasteiger partial charge in [0.05, 0.1) is 0 Å². The molecule has 0 spiro atoms. The van der Waals surface area contributed by atoms with E-state index in [0.29, 0.717) is 24.3 Å². The van der Waals surface area contributed by atoms with Gasteiger partial charge < -0.3 is 15.6 Å². The number of rotatable bonds is 5. The Morgan fingerprint density at radius 1 is 1.45 bits per heavy atom. The molecule has 2 rings (SSSR count). The number of hydrogen-bond acceptors (Lipinski definition) is 4. The van der Waals surface area contributed by atoms with E-state index in [2.05, 4.69) is 15.3 Å². The van der Waals surface area contributed by atoms with E-state index in [1.165, 1.54) is 0 Å². The number of aryl methyl sites for hydroxylation is 2. The number of imidazole rings is 1. The molecule has 20 heavy (non-hydrogen) atoms.